The van der Waals surface area contributed by atoms with Crippen molar-refractivity contribution >= 4 is 91.9 Å². The van der Waals surface area contributed by atoms with E-state index in [1.807, 2.05) is 11.3 Å². The highest BCUT2D eigenvalue weighted by Crippen LogP contribution is 2.56. The summed E-state index contributed by atoms with van der Waals surface area (Å²) >= 11 is 1.87. The van der Waals surface area contributed by atoms with Crippen LogP contribution < -0.4 is 4.90 Å². The maximum absolute atomic E-state index is 2.55. The van der Waals surface area contributed by atoms with Gasteiger partial charge in [-0.2, -0.15) is 0 Å². The number of hydrogen-bond donors (Lipinski definition) is 0. The minimum absolute atomic E-state index is 1.13. The van der Waals surface area contributed by atoms with Crippen LogP contribution in [0.2, 0.25) is 0 Å². The summed E-state index contributed by atoms with van der Waals surface area (Å²) in [5, 5.41) is 10.2. The number of fused-ring (bicyclic) bond motifs is 11. The monoisotopic (exact) mass is 690 g/mol. The molecule has 0 bridgehead atoms. The zero-order chi connectivity index (χ0) is 34.6. The molecule has 0 aliphatic heterocycles. The fourth-order valence-electron chi connectivity index (χ4n) is 9.12. The van der Waals surface area contributed by atoms with E-state index in [-0.39, 0.29) is 0 Å². The van der Waals surface area contributed by atoms with Gasteiger partial charge in [0.15, 0.2) is 0 Å². The second kappa shape index (κ2) is 10.9. The molecule has 1 aliphatic rings. The third kappa shape index (κ3) is 4.03. The van der Waals surface area contributed by atoms with Gasteiger partial charge in [0, 0.05) is 53.4 Å². The molecule has 0 amide bonds. The van der Waals surface area contributed by atoms with E-state index in [2.05, 4.69) is 191 Å². The van der Waals surface area contributed by atoms with Crippen LogP contribution >= 0.6 is 11.3 Å². The highest BCUT2D eigenvalue weighted by molar-refractivity contribution is 7.26. The topological polar surface area (TPSA) is 8.17 Å². The fraction of sp³-hybridized carbons (Fsp3) is 0. The van der Waals surface area contributed by atoms with Gasteiger partial charge in [0.1, 0.15) is 0 Å². The SMILES string of the molecule is c1ccc(-n2c3ccccc3c3ccc(N(c4cccc5c4-c4c6ccccc6cc6cccc-5c46)c4cccc5sc6ccccc6c45)cc32)cc1. The van der Waals surface area contributed by atoms with Crippen molar-refractivity contribution in [2.75, 3.05) is 4.90 Å². The Morgan fingerprint density at radius 3 is 2.00 bits per heavy atom. The van der Waals surface area contributed by atoms with Crippen molar-refractivity contribution in [3.05, 3.63) is 182 Å². The summed E-state index contributed by atoms with van der Waals surface area (Å²) in [6.45, 7) is 0. The quantitative estimate of drug-likeness (QED) is 0.167. The predicted octanol–water partition coefficient (Wildman–Crippen LogP) is 14.6. The first-order valence-electron chi connectivity index (χ1n) is 18.2. The number of benzene rings is 9. The van der Waals surface area contributed by atoms with E-state index in [0.717, 1.165) is 11.4 Å². The molecule has 53 heavy (non-hydrogen) atoms. The van der Waals surface area contributed by atoms with Gasteiger partial charge in [-0.25, -0.2) is 0 Å². The van der Waals surface area contributed by atoms with Crippen molar-refractivity contribution in [1.82, 2.24) is 4.57 Å². The standard InChI is InChI=1S/C50H30N2S/c1-2-15-33(16-3-1)51-41-22-8-6-18-36(41)37-28-27-34(30-44(37)51)52(42-24-12-26-46-48(42)40-19-7-9-25-45(40)53-46)43-23-11-21-39-38-20-10-14-32-29-31-13-4-5-17-35(31)50(47(32)38)49(39)43/h1-30H. The summed E-state index contributed by atoms with van der Waals surface area (Å²) in [5.74, 6) is 0. The Balaban J connectivity index is 1.23. The summed E-state index contributed by atoms with van der Waals surface area (Å²) in [4.78, 5) is 2.55. The van der Waals surface area contributed by atoms with Gasteiger partial charge < -0.3 is 9.47 Å². The molecule has 1 aliphatic carbocycles. The molecule has 9 aromatic carbocycles. The summed E-state index contributed by atoms with van der Waals surface area (Å²) in [5.41, 5.74) is 12.2. The Hall–Kier alpha value is -6.68. The van der Waals surface area contributed by atoms with Crippen LogP contribution in [0.15, 0.2) is 182 Å². The van der Waals surface area contributed by atoms with E-state index < -0.39 is 0 Å². The Morgan fingerprint density at radius 2 is 1.08 bits per heavy atom. The van der Waals surface area contributed by atoms with E-state index in [4.69, 9.17) is 0 Å². The maximum Gasteiger partial charge on any atom is 0.0561 e. The molecule has 0 saturated heterocycles. The van der Waals surface area contributed by atoms with Gasteiger partial charge in [-0.3, -0.25) is 0 Å². The maximum atomic E-state index is 2.55. The molecule has 0 unspecified atom stereocenters. The molecule has 2 nitrogen and oxygen atoms in total. The lowest BCUT2D eigenvalue weighted by molar-refractivity contribution is 1.18. The molecule has 0 N–H and O–H groups in total. The summed E-state index contributed by atoms with van der Waals surface area (Å²) in [7, 11) is 0. The van der Waals surface area contributed by atoms with Crippen molar-refractivity contribution in [3.8, 4) is 27.9 Å². The molecule has 11 aromatic rings. The predicted molar refractivity (Wildman–Crippen MR) is 228 cm³/mol. The van der Waals surface area contributed by atoms with Crippen LogP contribution in [0, 0.1) is 0 Å². The Morgan fingerprint density at radius 1 is 0.396 bits per heavy atom. The van der Waals surface area contributed by atoms with E-state index in [0.29, 0.717) is 0 Å². The molecule has 0 atom stereocenters. The first-order chi connectivity index (χ1) is 26.3. The molecule has 0 fully saturated rings. The van der Waals surface area contributed by atoms with Gasteiger partial charge in [-0.15, -0.1) is 11.3 Å². The van der Waals surface area contributed by atoms with Crippen LogP contribution in [-0.2, 0) is 0 Å². The first-order valence-corrected chi connectivity index (χ1v) is 19.0. The minimum Gasteiger partial charge on any atom is -0.309 e. The smallest absolute Gasteiger partial charge is 0.0561 e. The summed E-state index contributed by atoms with van der Waals surface area (Å²) in [6, 6.07) is 67.2. The van der Waals surface area contributed by atoms with Crippen molar-refractivity contribution in [1.29, 1.82) is 0 Å². The lowest BCUT2D eigenvalue weighted by Crippen LogP contribution is -2.12. The molecular formula is C50H30N2S. The van der Waals surface area contributed by atoms with Crippen LogP contribution in [-0.4, -0.2) is 4.57 Å². The average Bonchev–Trinajstić information content (AvgIpc) is 3.88. The third-order valence-corrected chi connectivity index (χ3v) is 12.4. The molecule has 0 radical (unpaired) electrons. The Bertz CT molecular complexity index is 3290. The van der Waals surface area contributed by atoms with Crippen LogP contribution in [0.4, 0.5) is 17.1 Å². The van der Waals surface area contributed by atoms with Gasteiger partial charge in [0.05, 0.1) is 22.4 Å². The van der Waals surface area contributed by atoms with Gasteiger partial charge in [-0.05, 0) is 93.3 Å². The van der Waals surface area contributed by atoms with E-state index in [1.165, 1.54) is 97.2 Å². The van der Waals surface area contributed by atoms with E-state index in [1.54, 1.807) is 0 Å². The molecule has 12 rings (SSSR count). The second-order valence-corrected chi connectivity index (χ2v) is 15.1. The Kier molecular flexibility index (Phi) is 5.96. The molecule has 3 heteroatoms. The molecule has 2 heterocycles. The number of rotatable bonds is 4. The second-order valence-electron chi connectivity index (χ2n) is 14.0. The van der Waals surface area contributed by atoms with Crippen LogP contribution in [0.1, 0.15) is 0 Å². The zero-order valence-electron chi connectivity index (χ0n) is 28.6. The first kappa shape index (κ1) is 29.0. The van der Waals surface area contributed by atoms with Gasteiger partial charge >= 0.3 is 0 Å². The van der Waals surface area contributed by atoms with Crippen molar-refractivity contribution in [2.24, 2.45) is 0 Å². The Labute approximate surface area is 310 Å². The van der Waals surface area contributed by atoms with Gasteiger partial charge in [0.25, 0.3) is 0 Å². The lowest BCUT2D eigenvalue weighted by Gasteiger charge is -2.29. The zero-order valence-corrected chi connectivity index (χ0v) is 29.4. The van der Waals surface area contributed by atoms with Gasteiger partial charge in [0.2, 0.25) is 0 Å². The van der Waals surface area contributed by atoms with E-state index in [9.17, 15) is 0 Å². The number of anilines is 3. The molecule has 2 aromatic heterocycles. The number of hydrogen-bond acceptors (Lipinski definition) is 2. The summed E-state index contributed by atoms with van der Waals surface area (Å²) < 4.78 is 5.01. The van der Waals surface area contributed by atoms with E-state index >= 15 is 0 Å². The van der Waals surface area contributed by atoms with Gasteiger partial charge in [-0.1, -0.05) is 121 Å². The number of thiophene rings is 1. The molecule has 0 saturated carbocycles. The van der Waals surface area contributed by atoms with Crippen molar-refractivity contribution in [3.63, 3.8) is 0 Å². The third-order valence-electron chi connectivity index (χ3n) is 11.3. The fourth-order valence-corrected chi connectivity index (χ4v) is 10.3. The van der Waals surface area contributed by atoms with Crippen molar-refractivity contribution < 1.29 is 0 Å². The van der Waals surface area contributed by atoms with Crippen LogP contribution in [0.25, 0.3) is 91.5 Å². The highest BCUT2D eigenvalue weighted by Gasteiger charge is 2.30. The van der Waals surface area contributed by atoms with Crippen molar-refractivity contribution in [2.45, 2.75) is 0 Å². The molecule has 0 spiro atoms. The lowest BCUT2D eigenvalue weighted by atomic mass is 9.94. The molecular weight excluding hydrogens is 661 g/mol. The average molecular weight is 691 g/mol. The largest absolute Gasteiger partial charge is 0.309 e. The normalized spacial score (nSPS) is 12.2. The number of aromatic nitrogens is 1. The summed E-state index contributed by atoms with van der Waals surface area (Å²) in [6.07, 6.45) is 0. The molecule has 246 valence electrons. The highest BCUT2D eigenvalue weighted by atomic mass is 32.1. The number of para-hydroxylation sites is 2. The van der Waals surface area contributed by atoms with Crippen LogP contribution in [0.3, 0.4) is 0 Å². The van der Waals surface area contributed by atoms with Crippen LogP contribution in [0.5, 0.6) is 0 Å². The minimum atomic E-state index is 1.13. The number of nitrogens with zero attached hydrogens (tertiary/aromatic N) is 2.